The van der Waals surface area contributed by atoms with Gasteiger partial charge in [0.05, 0.1) is 13.2 Å². The lowest BCUT2D eigenvalue weighted by molar-refractivity contribution is -0.134. The van der Waals surface area contributed by atoms with Crippen LogP contribution in [0.3, 0.4) is 0 Å². The Morgan fingerprint density at radius 2 is 1.73 bits per heavy atom. The Morgan fingerprint density at radius 3 is 2.38 bits per heavy atom. The maximum absolute atomic E-state index is 13.5. The average molecular weight is 507 g/mol. The smallest absolute Gasteiger partial charge is 0.246 e. The summed E-state index contributed by atoms with van der Waals surface area (Å²) in [5.74, 6) is -0.442. The molecule has 198 valence electrons. The van der Waals surface area contributed by atoms with Gasteiger partial charge in [0.15, 0.2) is 0 Å². The molecule has 0 spiro atoms. The molecule has 1 aliphatic heterocycles. The fourth-order valence-corrected chi connectivity index (χ4v) is 4.37. The average Bonchev–Trinajstić information content (AvgIpc) is 2.89. The van der Waals surface area contributed by atoms with E-state index in [0.717, 1.165) is 16.7 Å². The molecule has 1 heterocycles. The first-order valence-electron chi connectivity index (χ1n) is 12.7. The summed E-state index contributed by atoms with van der Waals surface area (Å²) in [4.78, 5) is 42.1. The number of fused-ring (bicyclic) bond motifs is 2. The van der Waals surface area contributed by atoms with Crippen LogP contribution in [0.1, 0.15) is 37.0 Å². The van der Waals surface area contributed by atoms with E-state index in [-0.39, 0.29) is 23.6 Å². The molecule has 4 atom stereocenters. The summed E-state index contributed by atoms with van der Waals surface area (Å²) in [5.41, 5.74) is 2.62. The molecule has 2 aromatic rings. The van der Waals surface area contributed by atoms with Gasteiger partial charge in [-0.25, -0.2) is 0 Å². The molecule has 2 bridgehead atoms. The molecule has 3 amide bonds. The Morgan fingerprint density at radius 1 is 1.00 bits per heavy atom. The number of benzene rings is 2. The molecule has 8 heteroatoms. The van der Waals surface area contributed by atoms with Gasteiger partial charge in [0, 0.05) is 19.0 Å². The molecule has 0 saturated heterocycles. The van der Waals surface area contributed by atoms with Crippen molar-refractivity contribution in [3.8, 4) is 5.75 Å². The lowest BCUT2D eigenvalue weighted by Crippen LogP contribution is -2.58. The number of amides is 3. The topological polar surface area (TPSA) is 99.8 Å². The number of hydrogen-bond acceptors (Lipinski definition) is 5. The SMILES string of the molecule is CC[C@H](C)C1NC(=O)[C@@H](N(C)C)Cc2cc(ccc2OC)/C=C\NC(=O)[C@H](Cc2ccccc2)NC1=O. The van der Waals surface area contributed by atoms with Crippen molar-refractivity contribution in [1.82, 2.24) is 20.9 Å². The Bertz CT molecular complexity index is 1120. The van der Waals surface area contributed by atoms with Gasteiger partial charge in [0.2, 0.25) is 17.7 Å². The quantitative estimate of drug-likeness (QED) is 0.559. The zero-order valence-electron chi connectivity index (χ0n) is 22.3. The third kappa shape index (κ3) is 7.43. The van der Waals surface area contributed by atoms with E-state index in [2.05, 4.69) is 16.0 Å². The lowest BCUT2D eigenvalue weighted by Gasteiger charge is -2.30. The van der Waals surface area contributed by atoms with Crippen molar-refractivity contribution in [1.29, 1.82) is 0 Å². The minimum atomic E-state index is -0.816. The van der Waals surface area contributed by atoms with Gasteiger partial charge in [0.25, 0.3) is 0 Å². The van der Waals surface area contributed by atoms with Gasteiger partial charge in [-0.1, -0.05) is 56.7 Å². The van der Waals surface area contributed by atoms with Crippen molar-refractivity contribution >= 4 is 23.8 Å². The summed E-state index contributed by atoms with van der Waals surface area (Å²) >= 11 is 0. The van der Waals surface area contributed by atoms with E-state index in [1.54, 1.807) is 19.4 Å². The van der Waals surface area contributed by atoms with E-state index >= 15 is 0 Å². The highest BCUT2D eigenvalue weighted by molar-refractivity contribution is 5.94. The molecule has 0 aromatic heterocycles. The van der Waals surface area contributed by atoms with E-state index < -0.39 is 18.1 Å². The fraction of sp³-hybridized carbons (Fsp3) is 0.414. The fourth-order valence-electron chi connectivity index (χ4n) is 4.37. The van der Waals surface area contributed by atoms with E-state index in [9.17, 15) is 14.4 Å². The van der Waals surface area contributed by atoms with Crippen LogP contribution in [-0.2, 0) is 27.2 Å². The maximum atomic E-state index is 13.5. The number of likely N-dealkylation sites (N-methyl/N-ethyl adjacent to an activating group) is 1. The van der Waals surface area contributed by atoms with Crippen LogP contribution in [-0.4, -0.2) is 62.0 Å². The third-order valence-electron chi connectivity index (χ3n) is 6.85. The molecule has 37 heavy (non-hydrogen) atoms. The molecular weight excluding hydrogens is 468 g/mol. The first-order valence-corrected chi connectivity index (χ1v) is 12.7. The van der Waals surface area contributed by atoms with E-state index in [4.69, 9.17) is 4.74 Å². The van der Waals surface area contributed by atoms with Crippen LogP contribution in [0.4, 0.5) is 0 Å². The van der Waals surface area contributed by atoms with Crippen molar-refractivity contribution in [3.05, 3.63) is 71.4 Å². The predicted molar refractivity (Wildman–Crippen MR) is 145 cm³/mol. The zero-order chi connectivity index (χ0) is 26.9. The highest BCUT2D eigenvalue weighted by Crippen LogP contribution is 2.23. The van der Waals surface area contributed by atoms with Crippen LogP contribution in [0, 0.1) is 5.92 Å². The first kappa shape index (κ1) is 27.9. The molecule has 1 unspecified atom stereocenters. The van der Waals surface area contributed by atoms with Gasteiger partial charge in [-0.15, -0.1) is 0 Å². The van der Waals surface area contributed by atoms with Crippen molar-refractivity contribution < 1.29 is 19.1 Å². The van der Waals surface area contributed by atoms with Crippen LogP contribution in [0.2, 0.25) is 0 Å². The number of carbonyl (C=O) groups is 3. The minimum absolute atomic E-state index is 0.138. The standard InChI is InChI=1S/C29H38N4O4/c1-6-19(2)26-29(36)31-23(17-20-10-8-7-9-11-20)27(34)30-15-14-21-12-13-25(37-5)22(16-21)18-24(33(3)4)28(35)32-26/h7-16,19,23-24,26H,6,17-18H2,1-5H3,(H,30,34)(H,31,36)(H,32,35)/b15-14-/t19-,23-,24-,26?/m0/s1. The second-order valence-electron chi connectivity index (χ2n) is 9.72. The largest absolute Gasteiger partial charge is 0.496 e. The summed E-state index contributed by atoms with van der Waals surface area (Å²) in [7, 11) is 5.27. The second kappa shape index (κ2) is 13.1. The van der Waals surface area contributed by atoms with E-state index in [1.807, 2.05) is 81.4 Å². The summed E-state index contributed by atoms with van der Waals surface area (Å²) in [6.07, 6.45) is 4.76. The van der Waals surface area contributed by atoms with Crippen LogP contribution in [0.25, 0.3) is 6.08 Å². The van der Waals surface area contributed by atoms with Gasteiger partial charge in [-0.2, -0.15) is 0 Å². The molecule has 1 aliphatic rings. The maximum Gasteiger partial charge on any atom is 0.246 e. The molecule has 3 rings (SSSR count). The predicted octanol–water partition coefficient (Wildman–Crippen LogP) is 2.53. The molecular formula is C29H38N4O4. The van der Waals surface area contributed by atoms with Crippen LogP contribution in [0.5, 0.6) is 5.75 Å². The highest BCUT2D eigenvalue weighted by atomic mass is 16.5. The lowest BCUT2D eigenvalue weighted by atomic mass is 9.95. The number of hydrogen-bond donors (Lipinski definition) is 3. The molecule has 3 N–H and O–H groups in total. The van der Waals surface area contributed by atoms with Crippen LogP contribution < -0.4 is 20.7 Å². The van der Waals surface area contributed by atoms with Crippen molar-refractivity contribution in [2.24, 2.45) is 5.92 Å². The first-order chi connectivity index (χ1) is 17.7. The molecule has 0 saturated carbocycles. The number of carbonyl (C=O) groups excluding carboxylic acids is 3. The summed E-state index contributed by atoms with van der Waals surface area (Å²) in [6.45, 7) is 3.89. The van der Waals surface area contributed by atoms with Crippen LogP contribution in [0.15, 0.2) is 54.7 Å². The highest BCUT2D eigenvalue weighted by Gasteiger charge is 2.33. The van der Waals surface area contributed by atoms with Gasteiger partial charge in [-0.05, 0) is 54.9 Å². The third-order valence-corrected chi connectivity index (χ3v) is 6.85. The zero-order valence-corrected chi connectivity index (χ0v) is 22.3. The van der Waals surface area contributed by atoms with E-state index in [0.29, 0.717) is 25.0 Å². The summed E-state index contributed by atoms with van der Waals surface area (Å²) in [6, 6.07) is 13.1. The van der Waals surface area contributed by atoms with Crippen molar-refractivity contribution in [3.63, 3.8) is 0 Å². The normalized spacial score (nSPS) is 22.6. The molecule has 0 fully saturated rings. The number of rotatable bonds is 6. The summed E-state index contributed by atoms with van der Waals surface area (Å²) < 4.78 is 5.55. The van der Waals surface area contributed by atoms with E-state index in [1.165, 1.54) is 0 Å². The van der Waals surface area contributed by atoms with Crippen molar-refractivity contribution in [2.45, 2.75) is 51.2 Å². The Hall–Kier alpha value is -3.65. The molecule has 8 nitrogen and oxygen atoms in total. The molecule has 2 aromatic carbocycles. The second-order valence-corrected chi connectivity index (χ2v) is 9.72. The number of methoxy groups -OCH3 is 1. The number of ether oxygens (including phenoxy) is 1. The Kier molecular flexibility index (Phi) is 9.85. The number of nitrogens with zero attached hydrogens (tertiary/aromatic N) is 1. The van der Waals surface area contributed by atoms with Gasteiger partial charge in [-0.3, -0.25) is 19.3 Å². The van der Waals surface area contributed by atoms with Crippen molar-refractivity contribution in [2.75, 3.05) is 21.2 Å². The Labute approximate surface area is 219 Å². The van der Waals surface area contributed by atoms with Gasteiger partial charge >= 0.3 is 0 Å². The van der Waals surface area contributed by atoms with Gasteiger partial charge < -0.3 is 20.7 Å². The Balaban J connectivity index is 2.03. The van der Waals surface area contributed by atoms with Crippen LogP contribution >= 0.6 is 0 Å². The summed E-state index contributed by atoms with van der Waals surface area (Å²) in [5, 5.41) is 8.70. The number of nitrogens with one attached hydrogen (secondary N) is 3. The monoisotopic (exact) mass is 506 g/mol. The van der Waals surface area contributed by atoms with Gasteiger partial charge in [0.1, 0.15) is 17.8 Å². The minimum Gasteiger partial charge on any atom is -0.496 e. The molecule has 0 aliphatic carbocycles. The molecule has 0 radical (unpaired) electrons.